The van der Waals surface area contributed by atoms with E-state index in [1.807, 2.05) is 13.8 Å². The summed E-state index contributed by atoms with van der Waals surface area (Å²) in [6.45, 7) is 3.73. The Balaban J connectivity index is 2.24. The van der Waals surface area contributed by atoms with Gasteiger partial charge in [0.15, 0.2) is 0 Å². The summed E-state index contributed by atoms with van der Waals surface area (Å²) in [6, 6.07) is 12.5. The maximum Gasteiger partial charge on any atom is 0.326 e. The molecule has 0 radical (unpaired) electrons. The smallest absolute Gasteiger partial charge is 0.326 e. The predicted molar refractivity (Wildman–Crippen MR) is 143 cm³/mol. The highest BCUT2D eigenvalue weighted by atomic mass is 16.4. The van der Waals surface area contributed by atoms with Crippen LogP contribution in [-0.4, -0.2) is 64.0 Å². The van der Waals surface area contributed by atoms with Crippen molar-refractivity contribution in [2.75, 3.05) is 0 Å². The number of amides is 3. The second-order valence-corrected chi connectivity index (χ2v) is 9.74. The van der Waals surface area contributed by atoms with Gasteiger partial charge in [0.1, 0.15) is 18.1 Å². The van der Waals surface area contributed by atoms with E-state index in [0.29, 0.717) is 17.5 Å². The average Bonchev–Trinajstić information content (AvgIpc) is 2.87. The highest BCUT2D eigenvalue weighted by Crippen LogP contribution is 2.09. The van der Waals surface area contributed by atoms with Gasteiger partial charge >= 0.3 is 11.9 Å². The van der Waals surface area contributed by atoms with Gasteiger partial charge in [-0.05, 0) is 23.5 Å². The Hall–Kier alpha value is -4.25. The Morgan fingerprint density at radius 1 is 0.692 bits per heavy atom. The van der Waals surface area contributed by atoms with Crippen LogP contribution in [0, 0.1) is 5.92 Å². The molecule has 2 aromatic rings. The number of rotatable bonds is 15. The molecule has 4 unspecified atom stereocenters. The molecule has 0 saturated carbocycles. The third-order valence-corrected chi connectivity index (χ3v) is 5.89. The van der Waals surface area contributed by atoms with Crippen LogP contribution in [0.15, 0.2) is 60.7 Å². The van der Waals surface area contributed by atoms with Gasteiger partial charge in [0, 0.05) is 12.8 Å². The van der Waals surface area contributed by atoms with Crippen LogP contribution in [0.4, 0.5) is 0 Å². The minimum absolute atomic E-state index is 0.00328. The lowest BCUT2D eigenvalue weighted by molar-refractivity contribution is -0.143. The first-order chi connectivity index (χ1) is 18.5. The predicted octanol–water partition coefficient (Wildman–Crippen LogP) is 0.859. The number of carbonyl (C=O) groups excluding carboxylic acids is 3. The number of benzene rings is 2. The fourth-order valence-corrected chi connectivity index (χ4v) is 3.93. The second-order valence-electron chi connectivity index (χ2n) is 9.74. The van der Waals surface area contributed by atoms with Gasteiger partial charge in [-0.3, -0.25) is 19.2 Å². The standard InChI is InChI=1S/C28H36N4O7/c1-17(2)13-20(29)25(35)30-22(16-24(33)34)27(37)31-21(14-18-9-5-3-6-10-18)26(36)32-23(28(38)39)15-19-11-7-4-8-12-19/h3-12,17,20-23H,13-16,29H2,1-2H3,(H,30,35)(H,31,37)(H,32,36)(H,33,34)(H,38,39). The van der Waals surface area contributed by atoms with Gasteiger partial charge in [0.05, 0.1) is 12.5 Å². The molecule has 7 N–H and O–H groups in total. The minimum atomic E-state index is -1.50. The van der Waals surface area contributed by atoms with Crippen molar-refractivity contribution in [1.82, 2.24) is 16.0 Å². The molecular weight excluding hydrogens is 504 g/mol. The summed E-state index contributed by atoms with van der Waals surface area (Å²) in [5, 5.41) is 26.4. The van der Waals surface area contributed by atoms with Gasteiger partial charge in [-0.15, -0.1) is 0 Å². The van der Waals surface area contributed by atoms with Crippen LogP contribution in [0.5, 0.6) is 0 Å². The molecule has 0 aliphatic heterocycles. The van der Waals surface area contributed by atoms with Crippen molar-refractivity contribution < 1.29 is 34.2 Å². The third kappa shape index (κ3) is 10.9. The minimum Gasteiger partial charge on any atom is -0.481 e. The third-order valence-electron chi connectivity index (χ3n) is 5.89. The number of hydrogen-bond donors (Lipinski definition) is 6. The number of carbonyl (C=O) groups is 5. The summed E-state index contributed by atoms with van der Waals surface area (Å²) >= 11 is 0. The van der Waals surface area contributed by atoms with Crippen molar-refractivity contribution in [2.24, 2.45) is 11.7 Å². The highest BCUT2D eigenvalue weighted by molar-refractivity contribution is 5.95. The van der Waals surface area contributed by atoms with E-state index < -0.39 is 60.2 Å². The summed E-state index contributed by atoms with van der Waals surface area (Å²) in [5.41, 5.74) is 7.25. The monoisotopic (exact) mass is 540 g/mol. The van der Waals surface area contributed by atoms with E-state index in [1.54, 1.807) is 60.7 Å². The van der Waals surface area contributed by atoms with Crippen molar-refractivity contribution in [3.8, 4) is 0 Å². The van der Waals surface area contributed by atoms with E-state index >= 15 is 0 Å². The molecule has 2 aromatic carbocycles. The zero-order valence-electron chi connectivity index (χ0n) is 22.0. The summed E-state index contributed by atoms with van der Waals surface area (Å²) in [4.78, 5) is 62.3. The molecule has 0 fully saturated rings. The maximum absolute atomic E-state index is 13.3. The lowest BCUT2D eigenvalue weighted by atomic mass is 10.0. The number of nitrogens with two attached hydrogens (primary N) is 1. The van der Waals surface area contributed by atoms with Crippen LogP contribution in [0.25, 0.3) is 0 Å². The molecule has 4 atom stereocenters. The van der Waals surface area contributed by atoms with Gasteiger partial charge in [-0.2, -0.15) is 0 Å². The van der Waals surface area contributed by atoms with Crippen molar-refractivity contribution in [1.29, 1.82) is 0 Å². The molecule has 2 rings (SSSR count). The second kappa shape index (κ2) is 15.2. The molecule has 3 amide bonds. The zero-order chi connectivity index (χ0) is 28.9. The van der Waals surface area contributed by atoms with E-state index in [0.717, 1.165) is 0 Å². The molecule has 0 saturated heterocycles. The molecule has 210 valence electrons. The Morgan fingerprint density at radius 3 is 1.59 bits per heavy atom. The van der Waals surface area contributed by atoms with Crippen molar-refractivity contribution >= 4 is 29.7 Å². The molecule has 0 aliphatic carbocycles. The Bertz CT molecular complexity index is 1130. The van der Waals surface area contributed by atoms with Crippen LogP contribution >= 0.6 is 0 Å². The Labute approximate surface area is 227 Å². The average molecular weight is 541 g/mol. The maximum atomic E-state index is 13.3. The van der Waals surface area contributed by atoms with Crippen molar-refractivity contribution in [2.45, 2.75) is 63.7 Å². The van der Waals surface area contributed by atoms with Crippen LogP contribution in [0.1, 0.15) is 37.8 Å². The Kier molecular flexibility index (Phi) is 12.1. The van der Waals surface area contributed by atoms with Crippen LogP contribution in [-0.2, 0) is 36.8 Å². The molecule has 0 bridgehead atoms. The van der Waals surface area contributed by atoms with E-state index in [4.69, 9.17) is 5.73 Å². The van der Waals surface area contributed by atoms with Gasteiger partial charge in [-0.25, -0.2) is 4.79 Å². The van der Waals surface area contributed by atoms with E-state index in [9.17, 15) is 34.2 Å². The summed E-state index contributed by atoms with van der Waals surface area (Å²) < 4.78 is 0. The molecule has 0 aliphatic rings. The SMILES string of the molecule is CC(C)CC(N)C(=O)NC(CC(=O)O)C(=O)NC(Cc1ccccc1)C(=O)NC(Cc1ccccc1)C(=O)O. The largest absolute Gasteiger partial charge is 0.481 e. The Morgan fingerprint density at radius 2 is 1.13 bits per heavy atom. The first-order valence-electron chi connectivity index (χ1n) is 12.6. The summed E-state index contributed by atoms with van der Waals surface area (Å²) in [6.07, 6.45) is -0.405. The topological polar surface area (TPSA) is 188 Å². The molecule has 11 heteroatoms. The fraction of sp³-hybridized carbons (Fsp3) is 0.393. The molecule has 39 heavy (non-hydrogen) atoms. The van der Waals surface area contributed by atoms with Gasteiger partial charge in [0.2, 0.25) is 17.7 Å². The lowest BCUT2D eigenvalue weighted by Crippen LogP contribution is -2.58. The number of carboxylic acid groups (broad SMARTS) is 2. The first kappa shape index (κ1) is 31.0. The van der Waals surface area contributed by atoms with Gasteiger partial charge in [-0.1, -0.05) is 74.5 Å². The molecule has 0 heterocycles. The van der Waals surface area contributed by atoms with E-state index in [1.165, 1.54) is 0 Å². The van der Waals surface area contributed by atoms with Crippen LogP contribution < -0.4 is 21.7 Å². The molecule has 0 spiro atoms. The number of aliphatic carboxylic acids is 2. The number of hydrogen-bond acceptors (Lipinski definition) is 6. The van der Waals surface area contributed by atoms with E-state index in [2.05, 4.69) is 16.0 Å². The first-order valence-corrected chi connectivity index (χ1v) is 12.6. The van der Waals surface area contributed by atoms with Crippen molar-refractivity contribution in [3.05, 3.63) is 71.8 Å². The summed E-state index contributed by atoms with van der Waals surface area (Å²) in [5.74, 6) is -4.88. The normalized spacial score (nSPS) is 13.9. The van der Waals surface area contributed by atoms with Gasteiger partial charge < -0.3 is 31.9 Å². The zero-order valence-corrected chi connectivity index (χ0v) is 22.0. The lowest BCUT2D eigenvalue weighted by Gasteiger charge is -2.25. The van der Waals surface area contributed by atoms with Crippen molar-refractivity contribution in [3.63, 3.8) is 0 Å². The molecule has 0 aromatic heterocycles. The highest BCUT2D eigenvalue weighted by Gasteiger charge is 2.31. The van der Waals surface area contributed by atoms with Gasteiger partial charge in [0.25, 0.3) is 0 Å². The molecular formula is C28H36N4O7. The number of nitrogens with one attached hydrogen (secondary N) is 3. The van der Waals surface area contributed by atoms with E-state index in [-0.39, 0.29) is 18.8 Å². The van der Waals surface area contributed by atoms with Crippen LogP contribution in [0.2, 0.25) is 0 Å². The number of carboxylic acids is 2. The quantitative estimate of drug-likeness (QED) is 0.192. The molecule has 11 nitrogen and oxygen atoms in total. The fourth-order valence-electron chi connectivity index (χ4n) is 3.93. The van der Waals surface area contributed by atoms with Crippen LogP contribution in [0.3, 0.4) is 0 Å². The summed E-state index contributed by atoms with van der Waals surface area (Å²) in [7, 11) is 0.